The molecule has 1 aliphatic rings. The molecule has 0 bridgehead atoms. The minimum atomic E-state index is 0.0367. The zero-order chi connectivity index (χ0) is 11.4. The highest BCUT2D eigenvalue weighted by atomic mass is 16.2. The Balaban J connectivity index is 1.84. The third-order valence-electron chi connectivity index (χ3n) is 3.11. The summed E-state index contributed by atoms with van der Waals surface area (Å²) in [5, 5.41) is 0. The SMILES string of the molecule is NC(CCN1CCCC1=O)c1ccccc1. The Kier molecular flexibility index (Phi) is 3.57. The van der Waals surface area contributed by atoms with Crippen LogP contribution in [0.2, 0.25) is 0 Å². The first-order valence-corrected chi connectivity index (χ1v) is 5.85. The van der Waals surface area contributed by atoms with E-state index in [0.717, 1.165) is 31.5 Å². The summed E-state index contributed by atoms with van der Waals surface area (Å²) in [5.74, 6) is 0.278. The third-order valence-corrected chi connectivity index (χ3v) is 3.11. The molecule has 0 aliphatic carbocycles. The van der Waals surface area contributed by atoms with E-state index in [1.807, 2.05) is 35.2 Å². The van der Waals surface area contributed by atoms with Gasteiger partial charge in [-0.2, -0.15) is 0 Å². The van der Waals surface area contributed by atoms with E-state index < -0.39 is 0 Å². The number of likely N-dealkylation sites (tertiary alicyclic amines) is 1. The van der Waals surface area contributed by atoms with Crippen LogP contribution >= 0.6 is 0 Å². The van der Waals surface area contributed by atoms with Crippen LogP contribution in [0.4, 0.5) is 0 Å². The predicted molar refractivity (Wildman–Crippen MR) is 63.8 cm³/mol. The molecule has 1 heterocycles. The summed E-state index contributed by atoms with van der Waals surface area (Å²) in [6.07, 6.45) is 2.55. The van der Waals surface area contributed by atoms with Gasteiger partial charge in [0.25, 0.3) is 0 Å². The number of rotatable bonds is 4. The molecule has 1 fully saturated rings. The molecule has 0 saturated carbocycles. The summed E-state index contributed by atoms with van der Waals surface area (Å²) in [6, 6.07) is 10.1. The van der Waals surface area contributed by atoms with Crippen molar-refractivity contribution in [1.82, 2.24) is 4.90 Å². The van der Waals surface area contributed by atoms with Gasteiger partial charge in [0.05, 0.1) is 0 Å². The first-order valence-electron chi connectivity index (χ1n) is 5.85. The molecule has 0 spiro atoms. The zero-order valence-corrected chi connectivity index (χ0v) is 9.43. The molecule has 3 heteroatoms. The molecular formula is C13H18N2O. The fourth-order valence-electron chi connectivity index (χ4n) is 2.10. The van der Waals surface area contributed by atoms with Crippen LogP contribution in [0, 0.1) is 0 Å². The van der Waals surface area contributed by atoms with Crippen LogP contribution in [-0.2, 0) is 4.79 Å². The van der Waals surface area contributed by atoms with Gasteiger partial charge in [-0.3, -0.25) is 4.79 Å². The summed E-state index contributed by atoms with van der Waals surface area (Å²) < 4.78 is 0. The van der Waals surface area contributed by atoms with Crippen molar-refractivity contribution in [3.63, 3.8) is 0 Å². The molecule has 16 heavy (non-hydrogen) atoms. The average molecular weight is 218 g/mol. The second-order valence-corrected chi connectivity index (χ2v) is 4.29. The Morgan fingerprint density at radius 1 is 1.31 bits per heavy atom. The van der Waals surface area contributed by atoms with E-state index >= 15 is 0 Å². The normalized spacial score (nSPS) is 17.8. The van der Waals surface area contributed by atoms with E-state index in [2.05, 4.69) is 0 Å². The number of amides is 1. The van der Waals surface area contributed by atoms with Gasteiger partial charge < -0.3 is 10.6 Å². The largest absolute Gasteiger partial charge is 0.343 e. The summed E-state index contributed by atoms with van der Waals surface area (Å²) in [7, 11) is 0. The van der Waals surface area contributed by atoms with Gasteiger partial charge in [0, 0.05) is 25.6 Å². The average Bonchev–Trinajstić information content (AvgIpc) is 2.73. The fourth-order valence-corrected chi connectivity index (χ4v) is 2.10. The van der Waals surface area contributed by atoms with E-state index in [-0.39, 0.29) is 11.9 Å². The number of carbonyl (C=O) groups is 1. The lowest BCUT2D eigenvalue weighted by Gasteiger charge is -2.18. The lowest BCUT2D eigenvalue weighted by molar-refractivity contribution is -0.127. The van der Waals surface area contributed by atoms with Gasteiger partial charge in [0.1, 0.15) is 0 Å². The van der Waals surface area contributed by atoms with Crippen molar-refractivity contribution < 1.29 is 4.79 Å². The van der Waals surface area contributed by atoms with Crippen LogP contribution in [0.15, 0.2) is 30.3 Å². The van der Waals surface area contributed by atoms with Crippen LogP contribution in [0.25, 0.3) is 0 Å². The van der Waals surface area contributed by atoms with Crippen molar-refractivity contribution in [3.8, 4) is 0 Å². The van der Waals surface area contributed by atoms with Gasteiger partial charge in [0.2, 0.25) is 5.91 Å². The van der Waals surface area contributed by atoms with Crippen LogP contribution in [0.5, 0.6) is 0 Å². The zero-order valence-electron chi connectivity index (χ0n) is 9.43. The molecule has 86 valence electrons. The lowest BCUT2D eigenvalue weighted by atomic mass is 10.0. The van der Waals surface area contributed by atoms with Crippen LogP contribution in [-0.4, -0.2) is 23.9 Å². The van der Waals surface area contributed by atoms with Gasteiger partial charge in [-0.25, -0.2) is 0 Å². The molecule has 0 aromatic heterocycles. The first kappa shape index (κ1) is 11.1. The maximum absolute atomic E-state index is 11.4. The van der Waals surface area contributed by atoms with E-state index in [1.54, 1.807) is 0 Å². The second kappa shape index (κ2) is 5.12. The molecule has 1 atom stereocenters. The Morgan fingerprint density at radius 3 is 2.69 bits per heavy atom. The van der Waals surface area contributed by atoms with E-state index in [0.29, 0.717) is 6.42 Å². The molecule has 1 amide bonds. The number of carbonyl (C=O) groups excluding carboxylic acids is 1. The van der Waals surface area contributed by atoms with Gasteiger partial charge in [-0.1, -0.05) is 30.3 Å². The van der Waals surface area contributed by atoms with E-state index in [1.165, 1.54) is 0 Å². The monoisotopic (exact) mass is 218 g/mol. The molecule has 2 N–H and O–H groups in total. The molecule has 1 aromatic rings. The maximum atomic E-state index is 11.4. The van der Waals surface area contributed by atoms with Gasteiger partial charge in [-0.15, -0.1) is 0 Å². The first-order chi connectivity index (χ1) is 7.77. The summed E-state index contributed by atoms with van der Waals surface area (Å²) in [4.78, 5) is 13.3. The Labute approximate surface area is 96.2 Å². The molecule has 3 nitrogen and oxygen atoms in total. The fraction of sp³-hybridized carbons (Fsp3) is 0.462. The molecule has 2 rings (SSSR count). The minimum Gasteiger partial charge on any atom is -0.343 e. The number of hydrogen-bond donors (Lipinski definition) is 1. The van der Waals surface area contributed by atoms with Crippen molar-refractivity contribution >= 4 is 5.91 Å². The van der Waals surface area contributed by atoms with Crippen LogP contribution in [0.3, 0.4) is 0 Å². The van der Waals surface area contributed by atoms with Crippen molar-refractivity contribution in [2.75, 3.05) is 13.1 Å². The van der Waals surface area contributed by atoms with Crippen molar-refractivity contribution in [3.05, 3.63) is 35.9 Å². The molecule has 1 unspecified atom stereocenters. The van der Waals surface area contributed by atoms with Gasteiger partial charge in [-0.05, 0) is 18.4 Å². The molecule has 1 aliphatic heterocycles. The summed E-state index contributed by atoms with van der Waals surface area (Å²) >= 11 is 0. The van der Waals surface area contributed by atoms with E-state index in [4.69, 9.17) is 5.73 Å². The highest BCUT2D eigenvalue weighted by Crippen LogP contribution is 2.16. The quantitative estimate of drug-likeness (QED) is 0.836. The third kappa shape index (κ3) is 2.61. The Bertz CT molecular complexity index is 350. The summed E-state index contributed by atoms with van der Waals surface area (Å²) in [6.45, 7) is 1.69. The summed E-state index contributed by atoms with van der Waals surface area (Å²) in [5.41, 5.74) is 7.23. The number of benzene rings is 1. The number of nitrogens with two attached hydrogens (primary N) is 1. The Hall–Kier alpha value is -1.35. The lowest BCUT2D eigenvalue weighted by Crippen LogP contribution is -2.28. The van der Waals surface area contributed by atoms with Crippen LogP contribution < -0.4 is 5.73 Å². The standard InChI is InChI=1S/C13H18N2O/c14-12(11-5-2-1-3-6-11)8-10-15-9-4-7-13(15)16/h1-3,5-6,12H,4,7-10,14H2. The highest BCUT2D eigenvalue weighted by molar-refractivity contribution is 5.78. The topological polar surface area (TPSA) is 46.3 Å². The van der Waals surface area contributed by atoms with Crippen molar-refractivity contribution in [2.45, 2.75) is 25.3 Å². The molecule has 1 saturated heterocycles. The van der Waals surface area contributed by atoms with Crippen molar-refractivity contribution in [2.24, 2.45) is 5.73 Å². The minimum absolute atomic E-state index is 0.0367. The molecular weight excluding hydrogens is 200 g/mol. The predicted octanol–water partition coefficient (Wildman–Crippen LogP) is 1.70. The number of nitrogens with zero attached hydrogens (tertiary/aromatic N) is 1. The Morgan fingerprint density at radius 2 is 2.06 bits per heavy atom. The maximum Gasteiger partial charge on any atom is 0.222 e. The van der Waals surface area contributed by atoms with Gasteiger partial charge in [0.15, 0.2) is 0 Å². The molecule has 1 aromatic carbocycles. The number of hydrogen-bond acceptors (Lipinski definition) is 2. The van der Waals surface area contributed by atoms with Gasteiger partial charge >= 0.3 is 0 Å². The van der Waals surface area contributed by atoms with Crippen LogP contribution in [0.1, 0.15) is 30.9 Å². The molecule has 0 radical (unpaired) electrons. The van der Waals surface area contributed by atoms with E-state index in [9.17, 15) is 4.79 Å². The second-order valence-electron chi connectivity index (χ2n) is 4.29. The smallest absolute Gasteiger partial charge is 0.222 e. The van der Waals surface area contributed by atoms with Crippen molar-refractivity contribution in [1.29, 1.82) is 0 Å². The highest BCUT2D eigenvalue weighted by Gasteiger charge is 2.20.